The van der Waals surface area contributed by atoms with Crippen molar-refractivity contribution in [3.63, 3.8) is 0 Å². The highest BCUT2D eigenvalue weighted by molar-refractivity contribution is 5.97. The van der Waals surface area contributed by atoms with Crippen LogP contribution in [-0.2, 0) is 0 Å². The Kier molecular flexibility index (Phi) is 4.21. The van der Waals surface area contributed by atoms with Gasteiger partial charge >= 0.3 is 0 Å². The summed E-state index contributed by atoms with van der Waals surface area (Å²) in [6.45, 7) is 4.49. The van der Waals surface area contributed by atoms with Crippen molar-refractivity contribution < 1.29 is 14.3 Å². The molecule has 1 aliphatic rings. The molecule has 1 aliphatic carbocycles. The minimum absolute atomic E-state index is 0.0767. The van der Waals surface area contributed by atoms with Gasteiger partial charge in [0.05, 0.1) is 19.8 Å². The summed E-state index contributed by atoms with van der Waals surface area (Å²) < 4.78 is 10.4. The lowest BCUT2D eigenvalue weighted by molar-refractivity contribution is 0.0933. The molecule has 0 aromatic heterocycles. The number of rotatable bonds is 4. The van der Waals surface area contributed by atoms with Crippen molar-refractivity contribution in [2.24, 2.45) is 5.41 Å². The Morgan fingerprint density at radius 2 is 2.05 bits per heavy atom. The molecule has 1 aromatic carbocycles. The van der Waals surface area contributed by atoms with Crippen molar-refractivity contribution in [3.05, 3.63) is 23.8 Å². The zero-order valence-corrected chi connectivity index (χ0v) is 12.7. The summed E-state index contributed by atoms with van der Waals surface area (Å²) in [6, 6.07) is 5.50. The number of amides is 1. The maximum atomic E-state index is 12.4. The molecule has 0 aliphatic heterocycles. The highest BCUT2D eigenvalue weighted by atomic mass is 16.5. The van der Waals surface area contributed by atoms with Crippen LogP contribution in [0.5, 0.6) is 11.5 Å². The molecule has 1 N–H and O–H groups in total. The number of nitrogens with one attached hydrogen (secondary N) is 1. The molecule has 20 heavy (non-hydrogen) atoms. The second kappa shape index (κ2) is 5.73. The van der Waals surface area contributed by atoms with Gasteiger partial charge in [0.25, 0.3) is 5.91 Å². The van der Waals surface area contributed by atoms with Gasteiger partial charge < -0.3 is 14.8 Å². The minimum Gasteiger partial charge on any atom is -0.497 e. The van der Waals surface area contributed by atoms with E-state index in [1.165, 1.54) is 0 Å². The van der Waals surface area contributed by atoms with Crippen LogP contribution in [0.1, 0.15) is 43.5 Å². The first kappa shape index (κ1) is 14.7. The van der Waals surface area contributed by atoms with Crippen LogP contribution in [0.3, 0.4) is 0 Å². The zero-order chi connectivity index (χ0) is 14.8. The first-order valence-corrected chi connectivity index (χ1v) is 6.98. The number of carbonyl (C=O) groups is 1. The third-order valence-corrected chi connectivity index (χ3v) is 3.96. The Balaban J connectivity index is 2.09. The van der Waals surface area contributed by atoms with Gasteiger partial charge in [0, 0.05) is 12.1 Å². The molecule has 1 aromatic rings. The predicted molar refractivity (Wildman–Crippen MR) is 78.4 cm³/mol. The third-order valence-electron chi connectivity index (χ3n) is 3.96. The van der Waals surface area contributed by atoms with Crippen LogP contribution >= 0.6 is 0 Å². The Hall–Kier alpha value is -1.71. The number of hydrogen-bond acceptors (Lipinski definition) is 3. The molecule has 0 radical (unpaired) electrons. The van der Waals surface area contributed by atoms with Crippen LogP contribution in [0, 0.1) is 5.41 Å². The molecule has 0 bridgehead atoms. The average molecular weight is 277 g/mol. The molecule has 4 heteroatoms. The number of benzene rings is 1. The summed E-state index contributed by atoms with van der Waals surface area (Å²) in [5, 5.41) is 3.10. The average Bonchev–Trinajstić information content (AvgIpc) is 2.76. The summed E-state index contributed by atoms with van der Waals surface area (Å²) >= 11 is 0. The Morgan fingerprint density at radius 3 is 2.60 bits per heavy atom. The molecule has 0 spiro atoms. The van der Waals surface area contributed by atoms with E-state index in [0.29, 0.717) is 22.5 Å². The van der Waals surface area contributed by atoms with Gasteiger partial charge in [-0.3, -0.25) is 4.79 Å². The van der Waals surface area contributed by atoms with Crippen molar-refractivity contribution in [2.75, 3.05) is 14.2 Å². The van der Waals surface area contributed by atoms with E-state index in [-0.39, 0.29) is 11.9 Å². The summed E-state index contributed by atoms with van der Waals surface area (Å²) in [4.78, 5) is 12.4. The van der Waals surface area contributed by atoms with Gasteiger partial charge in [0.2, 0.25) is 0 Å². The summed E-state index contributed by atoms with van der Waals surface area (Å²) in [5.74, 6) is 1.15. The van der Waals surface area contributed by atoms with Gasteiger partial charge in [-0.25, -0.2) is 0 Å². The first-order chi connectivity index (χ1) is 9.45. The zero-order valence-electron chi connectivity index (χ0n) is 12.7. The second-order valence-electron chi connectivity index (χ2n) is 6.14. The predicted octanol–water partition coefficient (Wildman–Crippen LogP) is 3.01. The molecule has 1 unspecified atom stereocenters. The topological polar surface area (TPSA) is 47.6 Å². The monoisotopic (exact) mass is 277 g/mol. The Labute approximate surface area is 120 Å². The summed E-state index contributed by atoms with van der Waals surface area (Å²) in [5.41, 5.74) is 0.875. The van der Waals surface area contributed by atoms with Gasteiger partial charge in [-0.15, -0.1) is 0 Å². The molecular weight excluding hydrogens is 254 g/mol. The van der Waals surface area contributed by atoms with E-state index in [0.717, 1.165) is 19.3 Å². The quantitative estimate of drug-likeness (QED) is 0.920. The van der Waals surface area contributed by atoms with E-state index in [9.17, 15) is 4.79 Å². The molecule has 4 nitrogen and oxygen atoms in total. The van der Waals surface area contributed by atoms with Crippen molar-refractivity contribution in [3.8, 4) is 11.5 Å². The molecular formula is C16H23NO3. The first-order valence-electron chi connectivity index (χ1n) is 6.98. The molecule has 1 fully saturated rings. The van der Waals surface area contributed by atoms with Gasteiger partial charge in [-0.2, -0.15) is 0 Å². The summed E-state index contributed by atoms with van der Waals surface area (Å²) in [6.07, 6.45) is 3.21. The largest absolute Gasteiger partial charge is 0.497 e. The van der Waals surface area contributed by atoms with Crippen LogP contribution in [0.25, 0.3) is 0 Å². The van der Waals surface area contributed by atoms with Gasteiger partial charge in [0.1, 0.15) is 11.5 Å². The van der Waals surface area contributed by atoms with Gasteiger partial charge in [-0.05, 0) is 36.8 Å². The molecule has 1 amide bonds. The lowest BCUT2D eigenvalue weighted by atomic mass is 9.92. The lowest BCUT2D eigenvalue weighted by Crippen LogP contribution is -2.33. The Morgan fingerprint density at radius 1 is 1.30 bits per heavy atom. The standard InChI is InChI=1S/C16H23NO3/c1-16(2)8-7-11(10-16)17-15(18)13-6-5-12(19-3)9-14(13)20-4/h5-6,9,11H,7-8,10H2,1-4H3,(H,17,18). The van der Waals surface area contributed by atoms with Crippen LogP contribution in [0.2, 0.25) is 0 Å². The molecule has 1 saturated carbocycles. The fraction of sp³-hybridized carbons (Fsp3) is 0.562. The van der Waals surface area contributed by atoms with Crippen LogP contribution in [-0.4, -0.2) is 26.2 Å². The maximum absolute atomic E-state index is 12.4. The van der Waals surface area contributed by atoms with Crippen LogP contribution < -0.4 is 14.8 Å². The van der Waals surface area contributed by atoms with Gasteiger partial charge in [-0.1, -0.05) is 13.8 Å². The van der Waals surface area contributed by atoms with E-state index in [1.54, 1.807) is 32.4 Å². The third kappa shape index (κ3) is 3.24. The molecule has 110 valence electrons. The van der Waals surface area contributed by atoms with E-state index in [2.05, 4.69) is 19.2 Å². The van der Waals surface area contributed by atoms with Crippen LogP contribution in [0.4, 0.5) is 0 Å². The second-order valence-corrected chi connectivity index (χ2v) is 6.14. The lowest BCUT2D eigenvalue weighted by Gasteiger charge is -2.18. The summed E-state index contributed by atoms with van der Waals surface area (Å²) in [7, 11) is 3.15. The van der Waals surface area contributed by atoms with Gasteiger partial charge in [0.15, 0.2) is 0 Å². The number of hydrogen-bond donors (Lipinski definition) is 1. The SMILES string of the molecule is COc1ccc(C(=O)NC2CCC(C)(C)C2)c(OC)c1. The van der Waals surface area contributed by atoms with Crippen molar-refractivity contribution >= 4 is 5.91 Å². The highest BCUT2D eigenvalue weighted by Crippen LogP contribution is 2.37. The Bertz CT molecular complexity index is 496. The number of ether oxygens (including phenoxy) is 2. The molecule has 0 heterocycles. The van der Waals surface area contributed by atoms with Crippen molar-refractivity contribution in [2.45, 2.75) is 39.2 Å². The fourth-order valence-electron chi connectivity index (χ4n) is 2.81. The molecule has 0 saturated heterocycles. The molecule has 1 atom stereocenters. The highest BCUT2D eigenvalue weighted by Gasteiger charge is 2.32. The normalized spacial score (nSPS) is 20.5. The number of carbonyl (C=O) groups excluding carboxylic acids is 1. The van der Waals surface area contributed by atoms with E-state index in [4.69, 9.17) is 9.47 Å². The van der Waals surface area contributed by atoms with E-state index < -0.39 is 0 Å². The molecule has 2 rings (SSSR count). The maximum Gasteiger partial charge on any atom is 0.255 e. The van der Waals surface area contributed by atoms with E-state index >= 15 is 0 Å². The van der Waals surface area contributed by atoms with Crippen molar-refractivity contribution in [1.29, 1.82) is 0 Å². The van der Waals surface area contributed by atoms with E-state index in [1.807, 2.05) is 0 Å². The van der Waals surface area contributed by atoms with Crippen molar-refractivity contribution in [1.82, 2.24) is 5.32 Å². The van der Waals surface area contributed by atoms with Crippen LogP contribution in [0.15, 0.2) is 18.2 Å². The smallest absolute Gasteiger partial charge is 0.255 e. The fourth-order valence-corrected chi connectivity index (χ4v) is 2.81. The minimum atomic E-state index is -0.0767. The number of methoxy groups -OCH3 is 2.